The van der Waals surface area contributed by atoms with Crippen molar-refractivity contribution in [2.45, 2.75) is 39.0 Å². The summed E-state index contributed by atoms with van der Waals surface area (Å²) in [6, 6.07) is 0. The molecule has 0 aliphatic carbocycles. The van der Waals surface area contributed by atoms with E-state index >= 15 is 0 Å². The molecule has 0 unspecified atom stereocenters. The summed E-state index contributed by atoms with van der Waals surface area (Å²) >= 11 is 0. The number of hydrogen-bond acceptors (Lipinski definition) is 2. The van der Waals surface area contributed by atoms with Crippen molar-refractivity contribution in [2.24, 2.45) is 0 Å². The Labute approximate surface area is 95.6 Å². The molecule has 0 spiro atoms. The van der Waals surface area contributed by atoms with Gasteiger partial charge in [-0.05, 0) is 27.2 Å². The molecule has 1 aliphatic heterocycles. The van der Waals surface area contributed by atoms with Gasteiger partial charge in [0.05, 0.1) is 6.54 Å². The number of nitrogens with zero attached hydrogens (tertiary/aromatic N) is 1. The van der Waals surface area contributed by atoms with Crippen molar-refractivity contribution in [3.63, 3.8) is 0 Å². The summed E-state index contributed by atoms with van der Waals surface area (Å²) in [5.41, 5.74) is 2.57. The summed E-state index contributed by atoms with van der Waals surface area (Å²) in [6.45, 7) is 9.29. The van der Waals surface area contributed by atoms with Crippen molar-refractivity contribution in [3.05, 3.63) is 17.9 Å². The van der Waals surface area contributed by atoms with Gasteiger partial charge in [-0.2, -0.15) is 0 Å². The van der Waals surface area contributed by atoms with Gasteiger partial charge in [0, 0.05) is 12.1 Å². The van der Waals surface area contributed by atoms with Crippen molar-refractivity contribution < 1.29 is 13.9 Å². The Kier molecular flexibility index (Phi) is 3.76. The number of carbonyl (C=O) groups excluding carboxylic acids is 1. The predicted octanol–water partition coefficient (Wildman–Crippen LogP) is 2.68. The van der Waals surface area contributed by atoms with Crippen LogP contribution in [0.2, 0.25) is 0 Å². The molecule has 1 amide bonds. The topological polar surface area (TPSA) is 29.5 Å². The molecule has 0 bridgehead atoms. The first-order valence-corrected chi connectivity index (χ1v) is 5.34. The third-order valence-corrected chi connectivity index (χ3v) is 2.29. The zero-order valence-corrected chi connectivity index (χ0v) is 10.0. The molecule has 1 rings (SSSR count). The maximum Gasteiger partial charge on any atom is 0.410 e. The van der Waals surface area contributed by atoms with Crippen LogP contribution in [0.3, 0.4) is 0 Å². The lowest BCUT2D eigenvalue weighted by atomic mass is 10.0. The molecular weight excluding hydrogens is 209 g/mol. The van der Waals surface area contributed by atoms with E-state index in [1.807, 2.05) is 0 Å². The van der Waals surface area contributed by atoms with Crippen LogP contribution < -0.4 is 0 Å². The highest BCUT2D eigenvalue weighted by Gasteiger charge is 2.29. The third-order valence-electron chi connectivity index (χ3n) is 2.29. The predicted molar refractivity (Wildman–Crippen MR) is 60.0 cm³/mol. The molecule has 1 atom stereocenters. The minimum absolute atomic E-state index is 0.0345. The Morgan fingerprint density at radius 3 is 2.69 bits per heavy atom. The molecule has 3 nitrogen and oxygen atoms in total. The molecule has 0 radical (unpaired) electrons. The highest BCUT2D eigenvalue weighted by molar-refractivity contribution is 5.68. The van der Waals surface area contributed by atoms with E-state index in [2.05, 4.69) is 12.3 Å². The Morgan fingerprint density at radius 2 is 2.25 bits per heavy atom. The number of likely N-dealkylation sites (tertiary alicyclic amines) is 1. The van der Waals surface area contributed by atoms with Gasteiger partial charge in [0.1, 0.15) is 11.8 Å². The fraction of sp³-hybridized carbons (Fsp3) is 0.667. The second kappa shape index (κ2) is 4.71. The number of rotatable bonds is 0. The van der Waals surface area contributed by atoms with E-state index in [4.69, 9.17) is 4.74 Å². The molecule has 90 valence electrons. The number of carbonyl (C=O) groups is 1. The second-order valence-corrected chi connectivity index (χ2v) is 4.85. The molecule has 1 aliphatic rings. The van der Waals surface area contributed by atoms with Gasteiger partial charge in [0.25, 0.3) is 0 Å². The van der Waals surface area contributed by atoms with Gasteiger partial charge in [-0.1, -0.05) is 6.58 Å². The maximum atomic E-state index is 13.5. The van der Waals surface area contributed by atoms with Crippen molar-refractivity contribution in [3.8, 4) is 0 Å². The quantitative estimate of drug-likeness (QED) is 0.595. The lowest BCUT2D eigenvalue weighted by Gasteiger charge is -2.32. The van der Waals surface area contributed by atoms with Crippen LogP contribution in [0.25, 0.3) is 0 Å². The van der Waals surface area contributed by atoms with Crippen LogP contribution in [-0.4, -0.2) is 35.9 Å². The minimum atomic E-state index is -1.17. The molecule has 4 heteroatoms. The normalized spacial score (nSPS) is 21.6. The summed E-state index contributed by atoms with van der Waals surface area (Å²) in [7, 11) is 0. The highest BCUT2D eigenvalue weighted by Crippen LogP contribution is 2.20. The van der Waals surface area contributed by atoms with Crippen molar-refractivity contribution >= 4 is 6.09 Å². The number of hydrogen-bond donors (Lipinski definition) is 0. The van der Waals surface area contributed by atoms with E-state index < -0.39 is 17.9 Å². The van der Waals surface area contributed by atoms with E-state index in [1.54, 1.807) is 20.8 Å². The average Bonchev–Trinajstić information content (AvgIpc) is 2.15. The van der Waals surface area contributed by atoms with Crippen LogP contribution in [0, 0.1) is 0 Å². The van der Waals surface area contributed by atoms with Crippen LogP contribution in [0.5, 0.6) is 0 Å². The standard InChI is InChI=1S/C12H18FNO2/c1-5-9-6-7-14(8-10(9)13)11(15)16-12(2,3)4/h10H,1,6-8H2,2-4H3/t10-/m1/s1. The molecule has 0 saturated carbocycles. The zero-order chi connectivity index (χ0) is 12.3. The molecule has 16 heavy (non-hydrogen) atoms. The van der Waals surface area contributed by atoms with Gasteiger partial charge in [0.15, 0.2) is 0 Å². The van der Waals surface area contributed by atoms with E-state index in [0.29, 0.717) is 18.5 Å². The van der Waals surface area contributed by atoms with Crippen LogP contribution in [0.1, 0.15) is 27.2 Å². The summed E-state index contributed by atoms with van der Waals surface area (Å²) in [4.78, 5) is 13.0. The van der Waals surface area contributed by atoms with Gasteiger partial charge in [-0.3, -0.25) is 0 Å². The maximum absolute atomic E-state index is 13.5. The Morgan fingerprint density at radius 1 is 1.62 bits per heavy atom. The number of amides is 1. The SMILES string of the molecule is C=C=C1CCN(C(=O)OC(C)(C)C)C[C@H]1F. The number of ether oxygens (including phenoxy) is 1. The van der Waals surface area contributed by atoms with Crippen molar-refractivity contribution in [2.75, 3.05) is 13.1 Å². The molecule has 0 aromatic carbocycles. The van der Waals surface area contributed by atoms with Gasteiger partial charge in [-0.25, -0.2) is 9.18 Å². The lowest BCUT2D eigenvalue weighted by molar-refractivity contribution is 0.0185. The molecule has 1 fully saturated rings. The Bertz CT molecular complexity index is 326. The zero-order valence-electron chi connectivity index (χ0n) is 10.0. The highest BCUT2D eigenvalue weighted by atomic mass is 19.1. The Hall–Kier alpha value is -1.28. The van der Waals surface area contributed by atoms with E-state index in [0.717, 1.165) is 0 Å². The van der Waals surface area contributed by atoms with Crippen LogP contribution in [0.15, 0.2) is 17.9 Å². The molecule has 0 aromatic rings. The first-order chi connectivity index (χ1) is 7.33. The van der Waals surface area contributed by atoms with E-state index in [-0.39, 0.29) is 6.54 Å². The smallest absolute Gasteiger partial charge is 0.410 e. The average molecular weight is 227 g/mol. The largest absolute Gasteiger partial charge is 0.444 e. The van der Waals surface area contributed by atoms with Gasteiger partial charge in [0.2, 0.25) is 0 Å². The summed E-state index contributed by atoms with van der Waals surface area (Å²) in [5.74, 6) is 0. The Balaban J connectivity index is 2.58. The first kappa shape index (κ1) is 12.8. The number of halogens is 1. The summed E-state index contributed by atoms with van der Waals surface area (Å²) in [5, 5.41) is 0. The molecule has 0 aromatic heterocycles. The fourth-order valence-electron chi connectivity index (χ4n) is 1.50. The molecule has 1 heterocycles. The minimum Gasteiger partial charge on any atom is -0.444 e. The summed E-state index contributed by atoms with van der Waals surface area (Å²) in [6.07, 6.45) is -1.15. The van der Waals surface area contributed by atoms with Gasteiger partial charge < -0.3 is 9.64 Å². The fourth-order valence-corrected chi connectivity index (χ4v) is 1.50. The molecule has 1 saturated heterocycles. The number of piperidine rings is 1. The second-order valence-electron chi connectivity index (χ2n) is 4.85. The van der Waals surface area contributed by atoms with Crippen molar-refractivity contribution in [1.82, 2.24) is 4.90 Å². The molecule has 0 N–H and O–H groups in total. The molecular formula is C12H18FNO2. The third kappa shape index (κ3) is 3.38. The van der Waals surface area contributed by atoms with Gasteiger partial charge in [-0.15, -0.1) is 5.73 Å². The lowest BCUT2D eigenvalue weighted by Crippen LogP contribution is -2.44. The van der Waals surface area contributed by atoms with Crippen LogP contribution in [-0.2, 0) is 4.74 Å². The van der Waals surface area contributed by atoms with Gasteiger partial charge >= 0.3 is 6.09 Å². The summed E-state index contributed by atoms with van der Waals surface area (Å²) < 4.78 is 18.7. The van der Waals surface area contributed by atoms with Crippen LogP contribution >= 0.6 is 0 Å². The van der Waals surface area contributed by atoms with Crippen LogP contribution in [0.4, 0.5) is 9.18 Å². The van der Waals surface area contributed by atoms with E-state index in [1.165, 1.54) is 4.90 Å². The number of alkyl halides is 1. The van der Waals surface area contributed by atoms with E-state index in [9.17, 15) is 9.18 Å². The van der Waals surface area contributed by atoms with Crippen molar-refractivity contribution in [1.29, 1.82) is 0 Å². The monoisotopic (exact) mass is 227 g/mol. The first-order valence-electron chi connectivity index (χ1n) is 5.34.